The summed E-state index contributed by atoms with van der Waals surface area (Å²) in [5, 5.41) is 16.3. The Kier molecular flexibility index (Phi) is 12.9. The summed E-state index contributed by atoms with van der Waals surface area (Å²) in [5.74, 6) is -0.633. The second kappa shape index (κ2) is 16.2. The van der Waals surface area contributed by atoms with Crippen LogP contribution in [0.4, 0.5) is 10.5 Å². The lowest BCUT2D eigenvalue weighted by Crippen LogP contribution is -2.48. The molecule has 0 bridgehead atoms. The first-order valence-corrected chi connectivity index (χ1v) is 17.4. The van der Waals surface area contributed by atoms with E-state index in [2.05, 4.69) is 10.6 Å². The molecule has 13 nitrogen and oxygen atoms in total. The van der Waals surface area contributed by atoms with Gasteiger partial charge in [0.05, 0.1) is 11.5 Å². The van der Waals surface area contributed by atoms with Gasteiger partial charge in [-0.1, -0.05) is 62.7 Å². The van der Waals surface area contributed by atoms with Gasteiger partial charge < -0.3 is 31.3 Å². The summed E-state index contributed by atoms with van der Waals surface area (Å²) in [6.45, 7) is 3.32. The Balaban J connectivity index is 1.67. The zero-order valence-electron chi connectivity index (χ0n) is 25.2. The van der Waals surface area contributed by atoms with Crippen LogP contribution >= 0.6 is 7.82 Å². The number of nitrogens with zero attached hydrogens (tertiary/aromatic N) is 1. The third-order valence-corrected chi connectivity index (χ3v) is 9.42. The summed E-state index contributed by atoms with van der Waals surface area (Å²) in [4.78, 5) is 43.0. The highest BCUT2D eigenvalue weighted by Crippen LogP contribution is 2.37. The van der Waals surface area contributed by atoms with E-state index in [0.717, 1.165) is 16.3 Å². The van der Waals surface area contributed by atoms with Crippen LogP contribution in [0.15, 0.2) is 71.6 Å². The van der Waals surface area contributed by atoms with Gasteiger partial charge in [0.15, 0.2) is 0 Å². The number of carbonyl (C=O) groups excluding carboxylic acids is 1. The molecule has 0 aliphatic rings. The first-order chi connectivity index (χ1) is 21.2. The fourth-order valence-corrected chi connectivity index (χ4v) is 7.04. The lowest BCUT2D eigenvalue weighted by Gasteiger charge is -2.32. The molecule has 0 spiro atoms. The fraction of sp³-hybridized carbons (Fsp3) is 0.400. The largest absolute Gasteiger partial charge is 0.469 e. The molecule has 0 aromatic heterocycles. The molecule has 3 aromatic carbocycles. The van der Waals surface area contributed by atoms with Gasteiger partial charge in [-0.3, -0.25) is 9.32 Å². The molecule has 0 heterocycles. The van der Waals surface area contributed by atoms with Crippen LogP contribution < -0.4 is 16.4 Å². The molecule has 2 amide bonds. The number of hydrogen-bond acceptors (Lipinski definition) is 7. The van der Waals surface area contributed by atoms with Gasteiger partial charge in [0, 0.05) is 31.2 Å². The van der Waals surface area contributed by atoms with E-state index in [4.69, 9.17) is 10.3 Å². The van der Waals surface area contributed by atoms with Gasteiger partial charge in [0.1, 0.15) is 6.04 Å². The second-order valence-corrected chi connectivity index (χ2v) is 14.3. The molecule has 0 aliphatic carbocycles. The van der Waals surface area contributed by atoms with Crippen molar-refractivity contribution in [2.45, 2.75) is 56.5 Å². The number of nitrogens with one attached hydrogen (secondary N) is 2. The number of anilines is 1. The SMILES string of the molecule is CC(C)CN(C(CCCCNC(=O)C(Cc1ccc2ccccc2c1)NC(=O)O)COP(=O)(O)O)S(=O)(=O)c1ccc(N)cc1. The fourth-order valence-electron chi connectivity index (χ4n) is 4.87. The number of phosphoric acid groups is 1. The van der Waals surface area contributed by atoms with E-state index in [-0.39, 0.29) is 36.7 Å². The zero-order chi connectivity index (χ0) is 33.2. The van der Waals surface area contributed by atoms with Crippen molar-refractivity contribution in [3.8, 4) is 0 Å². The first-order valence-electron chi connectivity index (χ1n) is 14.5. The van der Waals surface area contributed by atoms with Crippen molar-refractivity contribution in [1.82, 2.24) is 14.9 Å². The highest BCUT2D eigenvalue weighted by molar-refractivity contribution is 7.89. The van der Waals surface area contributed by atoms with E-state index in [9.17, 15) is 37.5 Å². The highest BCUT2D eigenvalue weighted by atomic mass is 32.2. The molecule has 246 valence electrons. The lowest BCUT2D eigenvalue weighted by molar-refractivity contribution is -0.123. The number of fused-ring (bicyclic) bond motifs is 1. The van der Waals surface area contributed by atoms with Crippen molar-refractivity contribution in [2.24, 2.45) is 5.92 Å². The minimum atomic E-state index is -4.90. The molecule has 15 heteroatoms. The number of nitrogen functional groups attached to an aromatic ring is 1. The standard InChI is InChI=1S/C30H41N4O9PS/c1-21(2)19-34(45(41,42)27-14-12-25(31)13-15-27)26(20-43-44(38,39)40)9-5-6-16-32-29(35)28(33-30(36)37)18-22-10-11-23-7-3-4-8-24(23)17-22/h3-4,7-8,10-15,17,21,26,28,33H,5-6,9,16,18-20,31H2,1-2H3,(H,32,35)(H,36,37)(H2,38,39,40). The number of rotatable bonds is 17. The molecule has 3 rings (SSSR count). The average molecular weight is 665 g/mol. The van der Waals surface area contributed by atoms with Gasteiger partial charge in [0.2, 0.25) is 15.9 Å². The molecular weight excluding hydrogens is 623 g/mol. The lowest BCUT2D eigenvalue weighted by atomic mass is 10.0. The molecule has 0 radical (unpaired) electrons. The number of hydrogen-bond donors (Lipinski definition) is 6. The number of phosphoric ester groups is 1. The Labute approximate surface area is 263 Å². The summed E-state index contributed by atoms with van der Waals surface area (Å²) in [5.41, 5.74) is 6.88. The molecule has 2 atom stereocenters. The van der Waals surface area contributed by atoms with Crippen LogP contribution in [0.3, 0.4) is 0 Å². The van der Waals surface area contributed by atoms with Crippen LogP contribution in [-0.4, -0.2) is 71.4 Å². The number of sulfonamides is 1. The molecular formula is C30H41N4O9PS. The van der Waals surface area contributed by atoms with Crippen molar-refractivity contribution in [1.29, 1.82) is 0 Å². The summed E-state index contributed by atoms with van der Waals surface area (Å²) in [7, 11) is -8.99. The van der Waals surface area contributed by atoms with Gasteiger partial charge in [0.25, 0.3) is 0 Å². The molecule has 3 aromatic rings. The van der Waals surface area contributed by atoms with E-state index in [0.29, 0.717) is 18.5 Å². The van der Waals surface area contributed by atoms with Crippen LogP contribution in [0.5, 0.6) is 0 Å². The van der Waals surface area contributed by atoms with E-state index in [1.807, 2.05) is 56.3 Å². The topological polar surface area (TPSA) is 209 Å². The molecule has 7 N–H and O–H groups in total. The highest BCUT2D eigenvalue weighted by Gasteiger charge is 2.33. The predicted molar refractivity (Wildman–Crippen MR) is 171 cm³/mol. The van der Waals surface area contributed by atoms with Gasteiger partial charge in [-0.25, -0.2) is 17.8 Å². The number of unbranched alkanes of at least 4 members (excludes halogenated alkanes) is 1. The maximum atomic E-state index is 13.6. The van der Waals surface area contributed by atoms with Crippen LogP contribution in [0.2, 0.25) is 0 Å². The Morgan fingerprint density at radius 1 is 1.00 bits per heavy atom. The van der Waals surface area contributed by atoms with Crippen LogP contribution in [0.1, 0.15) is 38.7 Å². The summed E-state index contributed by atoms with van der Waals surface area (Å²) in [6, 6.07) is 17.0. The van der Waals surface area contributed by atoms with E-state index in [1.54, 1.807) is 0 Å². The van der Waals surface area contributed by atoms with Crippen molar-refractivity contribution in [3.63, 3.8) is 0 Å². The molecule has 2 unspecified atom stereocenters. The molecule has 0 saturated heterocycles. The maximum Gasteiger partial charge on any atom is 0.469 e. The van der Waals surface area contributed by atoms with Crippen LogP contribution in [-0.2, 0) is 30.3 Å². The van der Waals surface area contributed by atoms with Crippen molar-refractivity contribution < 1.29 is 42.0 Å². The van der Waals surface area contributed by atoms with Crippen molar-refractivity contribution in [3.05, 3.63) is 72.3 Å². The van der Waals surface area contributed by atoms with Crippen LogP contribution in [0, 0.1) is 5.92 Å². The van der Waals surface area contributed by atoms with E-state index < -0.39 is 48.5 Å². The number of amides is 2. The number of benzene rings is 3. The Bertz CT molecular complexity index is 1600. The summed E-state index contributed by atoms with van der Waals surface area (Å²) >= 11 is 0. The second-order valence-electron chi connectivity index (χ2n) is 11.2. The molecule has 0 aliphatic heterocycles. The van der Waals surface area contributed by atoms with E-state index in [1.165, 1.54) is 28.6 Å². The van der Waals surface area contributed by atoms with E-state index >= 15 is 0 Å². The summed E-state index contributed by atoms with van der Waals surface area (Å²) < 4.78 is 44.7. The Hall–Kier alpha value is -3.52. The Morgan fingerprint density at radius 3 is 2.29 bits per heavy atom. The quantitative estimate of drug-likeness (QED) is 0.0700. The molecule has 45 heavy (non-hydrogen) atoms. The monoisotopic (exact) mass is 664 g/mol. The van der Waals surface area contributed by atoms with Crippen molar-refractivity contribution in [2.75, 3.05) is 25.4 Å². The van der Waals surface area contributed by atoms with Gasteiger partial charge in [-0.2, -0.15) is 4.31 Å². The maximum absolute atomic E-state index is 13.6. The summed E-state index contributed by atoms with van der Waals surface area (Å²) in [6.07, 6.45) is -0.284. The normalized spacial score (nSPS) is 13.6. The van der Waals surface area contributed by atoms with Crippen LogP contribution in [0.25, 0.3) is 10.8 Å². The minimum absolute atomic E-state index is 0.0193. The third-order valence-electron chi connectivity index (χ3n) is 7.01. The minimum Gasteiger partial charge on any atom is -0.465 e. The van der Waals surface area contributed by atoms with Gasteiger partial charge >= 0.3 is 13.9 Å². The van der Waals surface area contributed by atoms with Gasteiger partial charge in [-0.15, -0.1) is 0 Å². The smallest absolute Gasteiger partial charge is 0.465 e. The number of nitrogens with two attached hydrogens (primary N) is 1. The zero-order valence-corrected chi connectivity index (χ0v) is 26.9. The number of carbonyl (C=O) groups is 2. The Morgan fingerprint density at radius 2 is 1.67 bits per heavy atom. The van der Waals surface area contributed by atoms with Crippen molar-refractivity contribution >= 4 is 46.3 Å². The first kappa shape index (κ1) is 36.0. The predicted octanol–water partition coefficient (Wildman–Crippen LogP) is 3.71. The van der Waals surface area contributed by atoms with Gasteiger partial charge in [-0.05, 0) is 59.4 Å². The molecule has 0 saturated carbocycles. The number of carboxylic acid groups (broad SMARTS) is 1. The average Bonchev–Trinajstić information content (AvgIpc) is 2.96. The third kappa shape index (κ3) is 11.4. The molecule has 0 fully saturated rings.